The second-order valence-corrected chi connectivity index (χ2v) is 6.96. The third-order valence-electron chi connectivity index (χ3n) is 1.90. The predicted molar refractivity (Wildman–Crippen MR) is 75.7 cm³/mol. The van der Waals surface area contributed by atoms with E-state index in [1.807, 2.05) is 13.8 Å². The van der Waals surface area contributed by atoms with Crippen LogP contribution in [0.5, 0.6) is 0 Å². The van der Waals surface area contributed by atoms with Crippen LogP contribution in [0.2, 0.25) is 0 Å². The van der Waals surface area contributed by atoms with Crippen LogP contribution in [0.3, 0.4) is 0 Å². The maximum absolute atomic E-state index is 11.5. The second kappa shape index (κ2) is 9.77. The zero-order valence-corrected chi connectivity index (χ0v) is 12.2. The molecule has 0 unspecified atom stereocenters. The molecule has 0 spiro atoms. The van der Waals surface area contributed by atoms with Gasteiger partial charge in [-0.3, -0.25) is 0 Å². The van der Waals surface area contributed by atoms with Crippen molar-refractivity contribution >= 4 is 21.8 Å². The van der Waals surface area contributed by atoms with Gasteiger partial charge in [-0.1, -0.05) is 19.8 Å². The summed E-state index contributed by atoms with van der Waals surface area (Å²) in [5, 5.41) is 3.18. The van der Waals surface area contributed by atoms with Gasteiger partial charge >= 0.3 is 0 Å². The lowest BCUT2D eigenvalue weighted by Crippen LogP contribution is -2.31. The van der Waals surface area contributed by atoms with Crippen LogP contribution < -0.4 is 10.0 Å². The van der Waals surface area contributed by atoms with E-state index in [9.17, 15) is 8.42 Å². The predicted octanol–water partition coefficient (Wildman–Crippen LogP) is 0.660. The average molecular weight is 278 g/mol. The minimum absolute atomic E-state index is 0.173. The van der Waals surface area contributed by atoms with Crippen LogP contribution in [0.1, 0.15) is 20.3 Å². The van der Waals surface area contributed by atoms with Crippen molar-refractivity contribution in [3.63, 3.8) is 0 Å². The van der Waals surface area contributed by atoms with Gasteiger partial charge < -0.3 is 5.32 Å². The van der Waals surface area contributed by atoms with Gasteiger partial charge in [0.25, 0.3) is 0 Å². The molecule has 0 heterocycles. The van der Waals surface area contributed by atoms with Gasteiger partial charge in [0.15, 0.2) is 0 Å². The number of rotatable bonds is 10. The van der Waals surface area contributed by atoms with Crippen LogP contribution in [-0.2, 0) is 10.0 Å². The molecule has 100 valence electrons. The van der Waals surface area contributed by atoms with Crippen LogP contribution >= 0.6 is 11.8 Å². The zero-order chi connectivity index (χ0) is 13.1. The molecule has 0 aromatic heterocycles. The molecule has 17 heavy (non-hydrogen) atoms. The van der Waals surface area contributed by atoms with E-state index in [1.54, 1.807) is 11.8 Å². The van der Waals surface area contributed by atoms with E-state index >= 15 is 0 Å². The van der Waals surface area contributed by atoms with Crippen LogP contribution in [0.4, 0.5) is 0 Å². The number of hydrogen-bond donors (Lipinski definition) is 2. The molecule has 0 rings (SSSR count). The Kier molecular flexibility index (Phi) is 9.65. The first-order valence-corrected chi connectivity index (χ1v) is 8.50. The van der Waals surface area contributed by atoms with Crippen molar-refractivity contribution in [1.82, 2.24) is 10.0 Å². The van der Waals surface area contributed by atoms with Crippen molar-refractivity contribution in [2.75, 3.05) is 30.3 Å². The Hall–Kier alpha value is -0.220. The summed E-state index contributed by atoms with van der Waals surface area (Å²) in [6.07, 6.45) is 5.72. The number of sulfonamides is 1. The lowest BCUT2D eigenvalue weighted by molar-refractivity contribution is 0.562. The molecule has 0 aliphatic carbocycles. The summed E-state index contributed by atoms with van der Waals surface area (Å²) in [4.78, 5) is 0. The molecule has 0 saturated carbocycles. The molecule has 6 heteroatoms. The van der Waals surface area contributed by atoms with Crippen molar-refractivity contribution < 1.29 is 8.42 Å². The standard InChI is InChI=1S/C11H22N2O2S2/c1-4-8-16-9-7-13-17(14,15)10-5-6-12-11(2)3/h1,11-13H,5-10H2,2-3H3. The van der Waals surface area contributed by atoms with Gasteiger partial charge in [-0.25, -0.2) is 13.1 Å². The van der Waals surface area contributed by atoms with Crippen LogP contribution in [-0.4, -0.2) is 44.8 Å². The Morgan fingerprint density at radius 3 is 2.65 bits per heavy atom. The summed E-state index contributed by atoms with van der Waals surface area (Å²) < 4.78 is 25.6. The van der Waals surface area contributed by atoms with E-state index in [1.165, 1.54) is 0 Å². The Morgan fingerprint density at radius 1 is 1.35 bits per heavy atom. The number of hydrogen-bond acceptors (Lipinski definition) is 4. The average Bonchev–Trinajstić information content (AvgIpc) is 2.24. The minimum atomic E-state index is -3.12. The number of thioether (sulfide) groups is 1. The van der Waals surface area contributed by atoms with Gasteiger partial charge in [0.1, 0.15) is 0 Å². The smallest absolute Gasteiger partial charge is 0.211 e. The molecular formula is C11H22N2O2S2. The monoisotopic (exact) mass is 278 g/mol. The van der Waals surface area contributed by atoms with E-state index in [4.69, 9.17) is 6.42 Å². The van der Waals surface area contributed by atoms with Gasteiger partial charge in [0, 0.05) is 18.3 Å². The van der Waals surface area contributed by atoms with Crippen LogP contribution in [0.15, 0.2) is 0 Å². The Balaban J connectivity index is 3.56. The highest BCUT2D eigenvalue weighted by Gasteiger charge is 2.08. The Labute approximate surface area is 109 Å². The van der Waals surface area contributed by atoms with E-state index in [0.29, 0.717) is 30.5 Å². The van der Waals surface area contributed by atoms with Gasteiger partial charge in [-0.05, 0) is 13.0 Å². The van der Waals surface area contributed by atoms with Gasteiger partial charge in [0.05, 0.1) is 11.5 Å². The number of terminal acetylenes is 1. The maximum atomic E-state index is 11.5. The van der Waals surface area contributed by atoms with Gasteiger partial charge in [-0.2, -0.15) is 0 Å². The fourth-order valence-electron chi connectivity index (χ4n) is 1.13. The lowest BCUT2D eigenvalue weighted by Gasteiger charge is -2.08. The third-order valence-corrected chi connectivity index (χ3v) is 4.23. The molecule has 0 aliphatic heterocycles. The van der Waals surface area contributed by atoms with E-state index in [-0.39, 0.29) is 5.75 Å². The lowest BCUT2D eigenvalue weighted by atomic mass is 10.4. The van der Waals surface area contributed by atoms with Crippen molar-refractivity contribution in [2.24, 2.45) is 0 Å². The molecule has 2 N–H and O–H groups in total. The summed E-state index contributed by atoms with van der Waals surface area (Å²) in [6, 6.07) is 0.394. The molecule has 0 radical (unpaired) electrons. The summed E-state index contributed by atoms with van der Waals surface area (Å²) in [7, 11) is -3.12. The van der Waals surface area contributed by atoms with Crippen molar-refractivity contribution in [2.45, 2.75) is 26.3 Å². The summed E-state index contributed by atoms with van der Waals surface area (Å²) >= 11 is 1.55. The van der Waals surface area contributed by atoms with Crippen LogP contribution in [0.25, 0.3) is 0 Å². The molecule has 0 bridgehead atoms. The first-order valence-electron chi connectivity index (χ1n) is 5.70. The third kappa shape index (κ3) is 12.0. The molecule has 0 amide bonds. The fourth-order valence-corrected chi connectivity index (χ4v) is 2.85. The maximum Gasteiger partial charge on any atom is 0.211 e. The first-order chi connectivity index (χ1) is 7.98. The summed E-state index contributed by atoms with van der Waals surface area (Å²) in [6.45, 7) is 5.25. The second-order valence-electron chi connectivity index (χ2n) is 3.93. The first kappa shape index (κ1) is 16.8. The highest BCUT2D eigenvalue weighted by molar-refractivity contribution is 7.99. The SMILES string of the molecule is C#CCSCCNS(=O)(=O)CCCNC(C)C. The molecule has 0 aromatic carbocycles. The topological polar surface area (TPSA) is 58.2 Å². The quantitative estimate of drug-likeness (QED) is 0.455. The van der Waals surface area contributed by atoms with Crippen molar-refractivity contribution in [3.05, 3.63) is 0 Å². The van der Waals surface area contributed by atoms with Crippen LogP contribution in [0, 0.1) is 12.3 Å². The largest absolute Gasteiger partial charge is 0.314 e. The van der Waals surface area contributed by atoms with E-state index < -0.39 is 10.0 Å². The molecule has 0 fully saturated rings. The van der Waals surface area contributed by atoms with Gasteiger partial charge in [0.2, 0.25) is 10.0 Å². The summed E-state index contributed by atoms with van der Waals surface area (Å²) in [5.41, 5.74) is 0. The van der Waals surface area contributed by atoms with Gasteiger partial charge in [-0.15, -0.1) is 18.2 Å². The van der Waals surface area contributed by atoms with Crippen molar-refractivity contribution in [1.29, 1.82) is 0 Å². The molecule has 0 saturated heterocycles. The molecular weight excluding hydrogens is 256 g/mol. The molecule has 0 atom stereocenters. The highest BCUT2D eigenvalue weighted by Crippen LogP contribution is 1.97. The summed E-state index contributed by atoms with van der Waals surface area (Å²) in [5.74, 6) is 4.01. The number of nitrogens with one attached hydrogen (secondary N) is 2. The minimum Gasteiger partial charge on any atom is -0.314 e. The highest BCUT2D eigenvalue weighted by atomic mass is 32.2. The van der Waals surface area contributed by atoms with E-state index in [0.717, 1.165) is 6.54 Å². The Morgan fingerprint density at radius 2 is 2.06 bits per heavy atom. The van der Waals surface area contributed by atoms with Crippen molar-refractivity contribution in [3.8, 4) is 12.3 Å². The normalized spacial score (nSPS) is 11.6. The fraction of sp³-hybridized carbons (Fsp3) is 0.818. The molecule has 4 nitrogen and oxygen atoms in total. The zero-order valence-electron chi connectivity index (χ0n) is 10.5. The molecule has 0 aromatic rings. The molecule has 0 aliphatic rings. The van der Waals surface area contributed by atoms with E-state index in [2.05, 4.69) is 16.0 Å². The Bertz CT molecular complexity index is 321.